The molecule has 0 saturated heterocycles. The van der Waals surface area contributed by atoms with Crippen LogP contribution in [-0.4, -0.2) is 17.6 Å². The predicted octanol–water partition coefficient (Wildman–Crippen LogP) is 1.47. The van der Waals surface area contributed by atoms with Crippen LogP contribution in [0.2, 0.25) is 10.0 Å². The van der Waals surface area contributed by atoms with Crippen molar-refractivity contribution < 1.29 is 12.6 Å². The Kier molecular flexibility index (Phi) is 4.61. The number of benzene rings is 1. The summed E-state index contributed by atoms with van der Waals surface area (Å²) in [5.74, 6) is -0.213. The smallest absolute Gasteiger partial charge is 0.346 e. The van der Waals surface area contributed by atoms with E-state index in [1.165, 1.54) is 39.2 Å². The van der Waals surface area contributed by atoms with Crippen molar-refractivity contribution in [2.45, 2.75) is 11.8 Å². The van der Waals surface area contributed by atoms with Gasteiger partial charge >= 0.3 is 15.8 Å². The molecular formula is C13H12Cl2N2O5S. The van der Waals surface area contributed by atoms with Gasteiger partial charge in [0.2, 0.25) is 0 Å². The van der Waals surface area contributed by atoms with Crippen molar-refractivity contribution >= 4 is 33.3 Å². The average Bonchev–Trinajstić information content (AvgIpc) is 2.47. The number of rotatable bonds is 3. The minimum Gasteiger partial charge on any atom is -0.377 e. The Morgan fingerprint density at radius 1 is 1.09 bits per heavy atom. The third-order valence-corrected chi connectivity index (χ3v) is 5.44. The molecule has 0 radical (unpaired) electrons. The summed E-state index contributed by atoms with van der Waals surface area (Å²) < 4.78 is 31.6. The van der Waals surface area contributed by atoms with Gasteiger partial charge in [-0.05, 0) is 19.1 Å². The molecule has 1 heterocycles. The van der Waals surface area contributed by atoms with Crippen LogP contribution in [0.1, 0.15) is 5.69 Å². The molecule has 10 heteroatoms. The van der Waals surface area contributed by atoms with E-state index in [0.29, 0.717) is 4.57 Å². The standard InChI is InChI=1S/C13H12Cl2N2O5S/c1-7-11(12(18)17(3)13(19)16(7)2)23(20,21)22-9-6-4-5-8(14)10(9)15/h4-6H,1-3H3. The van der Waals surface area contributed by atoms with Gasteiger partial charge < -0.3 is 4.18 Å². The maximum atomic E-state index is 12.5. The molecule has 7 nitrogen and oxygen atoms in total. The lowest BCUT2D eigenvalue weighted by atomic mass is 10.3. The lowest BCUT2D eigenvalue weighted by Crippen LogP contribution is -2.41. The second kappa shape index (κ2) is 6.03. The van der Waals surface area contributed by atoms with E-state index in [1.54, 1.807) is 0 Å². The van der Waals surface area contributed by atoms with Crippen LogP contribution < -0.4 is 15.4 Å². The van der Waals surface area contributed by atoms with E-state index in [0.717, 1.165) is 4.57 Å². The van der Waals surface area contributed by atoms with Gasteiger partial charge in [-0.2, -0.15) is 8.42 Å². The zero-order valence-electron chi connectivity index (χ0n) is 12.3. The first-order chi connectivity index (χ1) is 10.6. The molecular weight excluding hydrogens is 367 g/mol. The Morgan fingerprint density at radius 3 is 2.30 bits per heavy atom. The van der Waals surface area contributed by atoms with Crippen molar-refractivity contribution in [3.63, 3.8) is 0 Å². The van der Waals surface area contributed by atoms with Crippen LogP contribution in [0.4, 0.5) is 0 Å². The summed E-state index contributed by atoms with van der Waals surface area (Å²) >= 11 is 11.7. The Morgan fingerprint density at radius 2 is 1.70 bits per heavy atom. The van der Waals surface area contributed by atoms with E-state index in [9.17, 15) is 18.0 Å². The largest absolute Gasteiger partial charge is 0.377 e. The quantitative estimate of drug-likeness (QED) is 0.754. The molecule has 23 heavy (non-hydrogen) atoms. The van der Waals surface area contributed by atoms with Gasteiger partial charge in [0.05, 0.1) is 5.02 Å². The van der Waals surface area contributed by atoms with E-state index in [-0.39, 0.29) is 21.5 Å². The summed E-state index contributed by atoms with van der Waals surface area (Å²) in [6.45, 7) is 1.33. The van der Waals surface area contributed by atoms with Crippen LogP contribution in [0, 0.1) is 6.92 Å². The molecule has 0 N–H and O–H groups in total. The van der Waals surface area contributed by atoms with Gasteiger partial charge in [-0.25, -0.2) is 4.79 Å². The highest BCUT2D eigenvalue weighted by Gasteiger charge is 2.28. The monoisotopic (exact) mass is 378 g/mol. The van der Waals surface area contributed by atoms with Crippen LogP contribution in [0.3, 0.4) is 0 Å². The molecule has 0 aliphatic rings. The molecule has 124 valence electrons. The number of aromatic nitrogens is 2. The van der Waals surface area contributed by atoms with Crippen LogP contribution >= 0.6 is 23.2 Å². The zero-order chi connectivity index (χ0) is 17.5. The fraction of sp³-hybridized carbons (Fsp3) is 0.231. The molecule has 2 aromatic rings. The zero-order valence-corrected chi connectivity index (χ0v) is 14.7. The van der Waals surface area contributed by atoms with Gasteiger partial charge in [0, 0.05) is 19.8 Å². The second-order valence-corrected chi connectivity index (χ2v) is 6.98. The van der Waals surface area contributed by atoms with Crippen molar-refractivity contribution in [1.82, 2.24) is 9.13 Å². The molecule has 0 bridgehead atoms. The Bertz CT molecular complexity index is 1010. The van der Waals surface area contributed by atoms with Crippen molar-refractivity contribution in [2.24, 2.45) is 14.1 Å². The molecule has 1 aromatic carbocycles. The Hall–Kier alpha value is -1.77. The maximum absolute atomic E-state index is 12.5. The highest BCUT2D eigenvalue weighted by Crippen LogP contribution is 2.33. The highest BCUT2D eigenvalue weighted by atomic mass is 35.5. The van der Waals surface area contributed by atoms with E-state index >= 15 is 0 Å². The number of hydrogen-bond acceptors (Lipinski definition) is 5. The fourth-order valence-corrected chi connectivity index (χ4v) is 3.60. The number of hydrogen-bond donors (Lipinski definition) is 0. The van der Waals surface area contributed by atoms with Crippen molar-refractivity contribution in [3.05, 3.63) is 54.8 Å². The lowest BCUT2D eigenvalue weighted by molar-refractivity contribution is 0.478. The van der Waals surface area contributed by atoms with Gasteiger partial charge in [0.25, 0.3) is 5.56 Å². The molecule has 0 fully saturated rings. The first kappa shape index (κ1) is 17.6. The SMILES string of the molecule is Cc1c(S(=O)(=O)Oc2cccc(Cl)c2Cl)c(=O)n(C)c(=O)n1C. The number of halogens is 2. The average molecular weight is 379 g/mol. The molecule has 0 aliphatic carbocycles. The second-order valence-electron chi connectivity index (χ2n) is 4.71. The summed E-state index contributed by atoms with van der Waals surface area (Å²) in [5.41, 5.74) is -1.67. The van der Waals surface area contributed by atoms with Crippen LogP contribution in [0.5, 0.6) is 5.75 Å². The van der Waals surface area contributed by atoms with Gasteiger partial charge in [0.15, 0.2) is 10.6 Å². The van der Waals surface area contributed by atoms with Gasteiger partial charge in [-0.15, -0.1) is 0 Å². The van der Waals surface area contributed by atoms with Gasteiger partial charge in [-0.3, -0.25) is 13.9 Å². The van der Waals surface area contributed by atoms with E-state index in [1.807, 2.05) is 0 Å². The third-order valence-electron chi connectivity index (χ3n) is 3.27. The summed E-state index contributed by atoms with van der Waals surface area (Å²) in [6.07, 6.45) is 0. The molecule has 0 atom stereocenters. The molecule has 0 aliphatic heterocycles. The lowest BCUT2D eigenvalue weighted by Gasteiger charge is -2.13. The minimum atomic E-state index is -4.51. The van der Waals surface area contributed by atoms with E-state index < -0.39 is 26.3 Å². The normalized spacial score (nSPS) is 11.5. The highest BCUT2D eigenvalue weighted by molar-refractivity contribution is 7.87. The van der Waals surface area contributed by atoms with Crippen molar-refractivity contribution in [3.8, 4) is 5.75 Å². The van der Waals surface area contributed by atoms with Gasteiger partial charge in [0.1, 0.15) is 5.02 Å². The van der Waals surface area contributed by atoms with Crippen molar-refractivity contribution in [2.75, 3.05) is 0 Å². The van der Waals surface area contributed by atoms with Crippen LogP contribution in [0.15, 0.2) is 32.7 Å². The first-order valence-electron chi connectivity index (χ1n) is 6.23. The summed E-state index contributed by atoms with van der Waals surface area (Å²) in [6, 6.07) is 4.21. The Labute approximate surface area is 141 Å². The topological polar surface area (TPSA) is 87.4 Å². The van der Waals surface area contributed by atoms with E-state index in [2.05, 4.69) is 0 Å². The minimum absolute atomic E-state index is 0.0451. The van der Waals surface area contributed by atoms with Gasteiger partial charge in [-0.1, -0.05) is 29.3 Å². The van der Waals surface area contributed by atoms with E-state index in [4.69, 9.17) is 27.4 Å². The molecule has 1 aromatic heterocycles. The maximum Gasteiger partial charge on any atom is 0.346 e. The predicted molar refractivity (Wildman–Crippen MR) is 85.9 cm³/mol. The fourth-order valence-electron chi connectivity index (χ4n) is 1.91. The number of nitrogens with zero attached hydrogens (tertiary/aromatic N) is 2. The first-order valence-corrected chi connectivity index (χ1v) is 8.39. The Balaban J connectivity index is 2.69. The molecule has 2 rings (SSSR count). The molecule has 0 amide bonds. The van der Waals surface area contributed by atoms with Crippen molar-refractivity contribution in [1.29, 1.82) is 0 Å². The van der Waals surface area contributed by atoms with Crippen LogP contribution in [0.25, 0.3) is 0 Å². The molecule has 0 unspecified atom stereocenters. The summed E-state index contributed by atoms with van der Waals surface area (Å²) in [5, 5.41) is 0.00138. The molecule has 0 spiro atoms. The summed E-state index contributed by atoms with van der Waals surface area (Å²) in [4.78, 5) is 23.3. The van der Waals surface area contributed by atoms with Crippen LogP contribution in [-0.2, 0) is 24.2 Å². The molecule has 0 saturated carbocycles. The summed E-state index contributed by atoms with van der Waals surface area (Å²) in [7, 11) is -1.99. The third kappa shape index (κ3) is 3.01.